The Morgan fingerprint density at radius 2 is 2.04 bits per heavy atom. The van der Waals surface area contributed by atoms with Crippen molar-refractivity contribution in [1.82, 2.24) is 4.90 Å². The van der Waals surface area contributed by atoms with Crippen LogP contribution in [0.5, 0.6) is 0 Å². The molecule has 1 aromatic rings. The van der Waals surface area contributed by atoms with Gasteiger partial charge in [-0.15, -0.1) is 0 Å². The van der Waals surface area contributed by atoms with Crippen LogP contribution in [0.4, 0.5) is 0 Å². The minimum atomic E-state index is 0.458. The molecule has 2 atom stereocenters. The van der Waals surface area contributed by atoms with Gasteiger partial charge >= 0.3 is 0 Å². The monoisotopic (exact) mass is 341 g/mol. The number of hydrogen-bond donors (Lipinski definition) is 0. The number of benzene rings is 1. The highest BCUT2D eigenvalue weighted by Crippen LogP contribution is 2.32. The zero-order chi connectivity index (χ0) is 16.8. The van der Waals surface area contributed by atoms with E-state index in [0.717, 1.165) is 17.5 Å². The summed E-state index contributed by atoms with van der Waals surface area (Å²) in [5, 5.41) is 0.814. The van der Waals surface area contributed by atoms with Gasteiger partial charge in [0.2, 0.25) is 0 Å². The van der Waals surface area contributed by atoms with Crippen molar-refractivity contribution in [3.63, 3.8) is 0 Å². The zero-order valence-corrected chi connectivity index (χ0v) is 15.4. The molecule has 1 nitrogen and oxygen atoms in total. The van der Waals surface area contributed by atoms with E-state index in [9.17, 15) is 0 Å². The maximum atomic E-state index is 6.09. The van der Waals surface area contributed by atoms with Crippen molar-refractivity contribution >= 4 is 11.6 Å². The molecule has 3 rings (SSSR count). The van der Waals surface area contributed by atoms with Crippen LogP contribution in [0.3, 0.4) is 0 Å². The first-order valence-electron chi connectivity index (χ1n) is 9.27. The number of hydrogen-bond acceptors (Lipinski definition) is 1. The first-order valence-corrected chi connectivity index (χ1v) is 9.64. The molecule has 0 spiro atoms. The van der Waals surface area contributed by atoms with Gasteiger partial charge in [-0.1, -0.05) is 54.1 Å². The SMILES string of the molecule is CC1CCCN1CCCC(C1=CC=CCC=C1)c1ccc(Cl)cc1. The van der Waals surface area contributed by atoms with Gasteiger partial charge in [-0.2, -0.15) is 0 Å². The Morgan fingerprint density at radius 1 is 1.21 bits per heavy atom. The topological polar surface area (TPSA) is 3.24 Å². The molecule has 2 unspecified atom stereocenters. The molecule has 0 N–H and O–H groups in total. The van der Waals surface area contributed by atoms with E-state index in [1.165, 1.54) is 49.9 Å². The Kier molecular flexibility index (Phi) is 6.34. The van der Waals surface area contributed by atoms with Gasteiger partial charge in [0, 0.05) is 17.0 Å². The van der Waals surface area contributed by atoms with Gasteiger partial charge in [0.1, 0.15) is 0 Å². The third-order valence-electron chi connectivity index (χ3n) is 5.31. The fourth-order valence-corrected chi connectivity index (χ4v) is 4.00. The highest BCUT2D eigenvalue weighted by atomic mass is 35.5. The summed E-state index contributed by atoms with van der Waals surface area (Å²) >= 11 is 6.09. The van der Waals surface area contributed by atoms with E-state index in [2.05, 4.69) is 54.3 Å². The largest absolute Gasteiger partial charge is 0.301 e. The van der Waals surface area contributed by atoms with E-state index in [0.29, 0.717) is 5.92 Å². The van der Waals surface area contributed by atoms with Crippen molar-refractivity contribution in [3.8, 4) is 0 Å². The second kappa shape index (κ2) is 8.69. The second-order valence-corrected chi connectivity index (χ2v) is 7.44. The van der Waals surface area contributed by atoms with Gasteiger partial charge in [0.25, 0.3) is 0 Å². The minimum absolute atomic E-state index is 0.458. The molecule has 1 aliphatic heterocycles. The van der Waals surface area contributed by atoms with E-state index in [-0.39, 0.29) is 0 Å². The normalized spacial score (nSPS) is 22.4. The average Bonchev–Trinajstić information content (AvgIpc) is 2.84. The number of allylic oxidation sites excluding steroid dienone is 6. The summed E-state index contributed by atoms with van der Waals surface area (Å²) in [6.45, 7) is 4.86. The molecule has 0 saturated carbocycles. The van der Waals surface area contributed by atoms with Gasteiger partial charge in [0.15, 0.2) is 0 Å². The molecule has 0 aromatic heterocycles. The van der Waals surface area contributed by atoms with Crippen LogP contribution in [0.1, 0.15) is 50.5 Å². The Hall–Kier alpha value is -1.31. The number of halogens is 1. The number of nitrogens with zero attached hydrogens (tertiary/aromatic N) is 1. The van der Waals surface area contributed by atoms with Gasteiger partial charge in [-0.05, 0) is 75.4 Å². The molecule has 2 aliphatic rings. The van der Waals surface area contributed by atoms with Crippen LogP contribution in [0.2, 0.25) is 5.02 Å². The summed E-state index contributed by atoms with van der Waals surface area (Å²) in [5.74, 6) is 0.458. The predicted octanol–water partition coefficient (Wildman–Crippen LogP) is 6.13. The summed E-state index contributed by atoms with van der Waals surface area (Å²) in [6, 6.07) is 9.18. The van der Waals surface area contributed by atoms with Gasteiger partial charge in [-0.3, -0.25) is 0 Å². The second-order valence-electron chi connectivity index (χ2n) is 7.01. The molecule has 0 radical (unpaired) electrons. The lowest BCUT2D eigenvalue weighted by atomic mass is 9.86. The van der Waals surface area contributed by atoms with E-state index in [1.54, 1.807) is 0 Å². The van der Waals surface area contributed by atoms with Crippen molar-refractivity contribution in [2.75, 3.05) is 13.1 Å². The summed E-state index contributed by atoms with van der Waals surface area (Å²) in [5.41, 5.74) is 2.79. The van der Waals surface area contributed by atoms with Crippen molar-refractivity contribution in [1.29, 1.82) is 0 Å². The molecule has 1 fully saturated rings. The van der Waals surface area contributed by atoms with Crippen LogP contribution in [-0.2, 0) is 0 Å². The molecule has 1 aromatic carbocycles. The van der Waals surface area contributed by atoms with Gasteiger partial charge < -0.3 is 4.90 Å². The van der Waals surface area contributed by atoms with Crippen molar-refractivity contribution in [2.45, 2.75) is 51.0 Å². The third kappa shape index (κ3) is 4.62. The molecule has 1 heterocycles. The summed E-state index contributed by atoms with van der Waals surface area (Å²) in [7, 11) is 0. The smallest absolute Gasteiger partial charge is 0.0406 e. The highest BCUT2D eigenvalue weighted by molar-refractivity contribution is 6.30. The predicted molar refractivity (Wildman–Crippen MR) is 105 cm³/mol. The van der Waals surface area contributed by atoms with Crippen LogP contribution in [0.15, 0.2) is 60.2 Å². The van der Waals surface area contributed by atoms with E-state index in [1.807, 2.05) is 12.1 Å². The zero-order valence-electron chi connectivity index (χ0n) is 14.6. The lowest BCUT2D eigenvalue weighted by Crippen LogP contribution is -2.28. The summed E-state index contributed by atoms with van der Waals surface area (Å²) in [6.07, 6.45) is 17.4. The Bertz CT molecular complexity index is 611. The van der Waals surface area contributed by atoms with Crippen LogP contribution < -0.4 is 0 Å². The molecular formula is C22H28ClN. The van der Waals surface area contributed by atoms with Gasteiger partial charge in [-0.25, -0.2) is 0 Å². The number of likely N-dealkylation sites (tertiary alicyclic amines) is 1. The fraction of sp³-hybridized carbons (Fsp3) is 0.455. The molecule has 1 saturated heterocycles. The highest BCUT2D eigenvalue weighted by Gasteiger charge is 2.21. The molecule has 0 amide bonds. The maximum absolute atomic E-state index is 6.09. The maximum Gasteiger partial charge on any atom is 0.0406 e. The first kappa shape index (κ1) is 17.5. The number of rotatable bonds is 6. The lowest BCUT2D eigenvalue weighted by Gasteiger charge is -2.24. The molecule has 2 heteroatoms. The Labute approximate surface area is 151 Å². The van der Waals surface area contributed by atoms with Crippen molar-refractivity contribution < 1.29 is 0 Å². The molecule has 128 valence electrons. The Balaban J connectivity index is 1.70. The van der Waals surface area contributed by atoms with Crippen LogP contribution in [0.25, 0.3) is 0 Å². The van der Waals surface area contributed by atoms with Crippen LogP contribution in [0, 0.1) is 0 Å². The summed E-state index contributed by atoms with van der Waals surface area (Å²) in [4.78, 5) is 2.65. The third-order valence-corrected chi connectivity index (χ3v) is 5.56. The molecular weight excluding hydrogens is 314 g/mol. The molecule has 0 bridgehead atoms. The lowest BCUT2D eigenvalue weighted by molar-refractivity contribution is 0.262. The quantitative estimate of drug-likeness (QED) is 0.601. The van der Waals surface area contributed by atoms with E-state index < -0.39 is 0 Å². The average molecular weight is 342 g/mol. The van der Waals surface area contributed by atoms with Crippen molar-refractivity contribution in [2.24, 2.45) is 0 Å². The Morgan fingerprint density at radius 3 is 2.79 bits per heavy atom. The van der Waals surface area contributed by atoms with Crippen LogP contribution in [-0.4, -0.2) is 24.0 Å². The fourth-order valence-electron chi connectivity index (χ4n) is 3.87. The van der Waals surface area contributed by atoms with E-state index >= 15 is 0 Å². The van der Waals surface area contributed by atoms with Gasteiger partial charge in [0.05, 0.1) is 0 Å². The molecule has 24 heavy (non-hydrogen) atoms. The van der Waals surface area contributed by atoms with Crippen LogP contribution >= 0.6 is 11.6 Å². The molecule has 1 aliphatic carbocycles. The first-order chi connectivity index (χ1) is 11.7. The van der Waals surface area contributed by atoms with Crippen molar-refractivity contribution in [3.05, 3.63) is 70.8 Å². The summed E-state index contributed by atoms with van der Waals surface area (Å²) < 4.78 is 0. The standard InChI is InChI=1S/C22H28ClN/c1-18-8-6-16-24(18)17-7-11-22(19-9-4-2-3-5-10-19)20-12-14-21(23)15-13-20/h2,4-5,9-10,12-15,18,22H,3,6-8,11,16-17H2,1H3. The van der Waals surface area contributed by atoms with E-state index in [4.69, 9.17) is 11.6 Å². The minimum Gasteiger partial charge on any atom is -0.301 e.